The highest BCUT2D eigenvalue weighted by Gasteiger charge is 2.27. The van der Waals surface area contributed by atoms with Crippen LogP contribution in [0.5, 0.6) is 23.0 Å². The molecule has 2 heterocycles. The smallest absolute Gasteiger partial charge is 0.204 e. The Balaban J connectivity index is 2.12. The third kappa shape index (κ3) is 4.67. The van der Waals surface area contributed by atoms with Gasteiger partial charge in [-0.05, 0) is 66.5 Å². The first-order valence-corrected chi connectivity index (χ1v) is 12.4. The van der Waals surface area contributed by atoms with E-state index in [0.717, 1.165) is 37.1 Å². The fourth-order valence-electron chi connectivity index (χ4n) is 4.92. The lowest BCUT2D eigenvalue weighted by Gasteiger charge is -2.20. The summed E-state index contributed by atoms with van der Waals surface area (Å²) in [5.74, 6) is -0.276. The highest BCUT2D eigenvalue weighted by atomic mass is 16.5. The predicted molar refractivity (Wildman–Crippen MR) is 142 cm³/mol. The molecule has 36 heavy (non-hydrogen) atoms. The van der Waals surface area contributed by atoms with Crippen molar-refractivity contribution in [3.63, 3.8) is 0 Å². The van der Waals surface area contributed by atoms with Crippen molar-refractivity contribution in [2.24, 2.45) is 0 Å². The number of aromatic hydroxyl groups is 3. The number of hydrogen-bond acceptors (Lipinski definition) is 7. The van der Waals surface area contributed by atoms with Crippen LogP contribution in [0, 0.1) is 0 Å². The van der Waals surface area contributed by atoms with Gasteiger partial charge < -0.3 is 24.5 Å². The molecule has 1 aliphatic rings. The van der Waals surface area contributed by atoms with Crippen LogP contribution in [0.25, 0.3) is 21.9 Å². The summed E-state index contributed by atoms with van der Waals surface area (Å²) in [5, 5.41) is 33.5. The molecular formula is C29H35NO6. The van der Waals surface area contributed by atoms with Gasteiger partial charge in [0.2, 0.25) is 5.43 Å². The summed E-state index contributed by atoms with van der Waals surface area (Å²) in [4.78, 5) is 16.3. The number of nitrogens with zero attached hydrogens (tertiary/aromatic N) is 1. The summed E-state index contributed by atoms with van der Waals surface area (Å²) in [6.45, 7) is 9.94. The van der Waals surface area contributed by atoms with E-state index in [1.165, 1.54) is 13.2 Å². The van der Waals surface area contributed by atoms with Gasteiger partial charge in [-0.2, -0.15) is 0 Å². The van der Waals surface area contributed by atoms with Gasteiger partial charge in [-0.25, -0.2) is 0 Å². The molecule has 2 aromatic carbocycles. The second-order valence-electron chi connectivity index (χ2n) is 10.0. The topological polar surface area (TPSA) is 103 Å². The molecule has 3 N–H and O–H groups in total. The Morgan fingerprint density at radius 1 is 0.944 bits per heavy atom. The van der Waals surface area contributed by atoms with E-state index in [2.05, 4.69) is 4.90 Å². The number of fused-ring (bicyclic) bond motifs is 2. The first-order valence-electron chi connectivity index (χ1n) is 12.4. The molecule has 4 rings (SSSR count). The summed E-state index contributed by atoms with van der Waals surface area (Å²) >= 11 is 0. The number of likely N-dealkylation sites (tertiary alicyclic amines) is 1. The third-order valence-corrected chi connectivity index (χ3v) is 6.80. The number of ether oxygens (including phenoxy) is 1. The molecule has 3 aromatic rings. The number of phenolic OH excluding ortho intramolecular Hbond substituents is 3. The zero-order valence-corrected chi connectivity index (χ0v) is 21.7. The van der Waals surface area contributed by atoms with Crippen LogP contribution in [0.15, 0.2) is 38.6 Å². The van der Waals surface area contributed by atoms with Crippen molar-refractivity contribution in [3.05, 3.63) is 56.3 Å². The van der Waals surface area contributed by atoms with Gasteiger partial charge in [0.15, 0.2) is 17.1 Å². The summed E-state index contributed by atoms with van der Waals surface area (Å²) in [6, 6.07) is 1.37. The molecule has 7 heteroatoms. The SMILES string of the molecule is COc1c(O)cc2oc3c(CN4CCCC4)c(O)c(CC=C(C)C)c(O)c3c(=O)c2c1CC=C(C)C. The van der Waals surface area contributed by atoms with Crippen LogP contribution in [0.4, 0.5) is 0 Å². The Bertz CT molecular complexity index is 1430. The number of phenols is 3. The molecule has 1 saturated heterocycles. The van der Waals surface area contributed by atoms with Crippen molar-refractivity contribution in [3.8, 4) is 23.0 Å². The lowest BCUT2D eigenvalue weighted by Crippen LogP contribution is -2.19. The zero-order valence-electron chi connectivity index (χ0n) is 21.7. The summed E-state index contributed by atoms with van der Waals surface area (Å²) < 4.78 is 11.7. The molecule has 1 aliphatic heterocycles. The minimum absolute atomic E-state index is 0.0397. The van der Waals surface area contributed by atoms with Crippen LogP contribution >= 0.6 is 0 Å². The summed E-state index contributed by atoms with van der Waals surface area (Å²) in [6.07, 6.45) is 6.60. The fourth-order valence-corrected chi connectivity index (χ4v) is 4.92. The maximum atomic E-state index is 14.1. The van der Waals surface area contributed by atoms with Crippen LogP contribution in [-0.4, -0.2) is 40.4 Å². The maximum absolute atomic E-state index is 14.1. The third-order valence-electron chi connectivity index (χ3n) is 6.80. The Morgan fingerprint density at radius 2 is 1.56 bits per heavy atom. The number of hydrogen-bond donors (Lipinski definition) is 3. The van der Waals surface area contributed by atoms with Crippen LogP contribution < -0.4 is 10.2 Å². The van der Waals surface area contributed by atoms with Gasteiger partial charge in [0.25, 0.3) is 0 Å². The lowest BCUT2D eigenvalue weighted by atomic mass is 9.96. The molecule has 192 valence electrons. The second-order valence-corrected chi connectivity index (χ2v) is 10.0. The molecule has 0 unspecified atom stereocenters. The van der Waals surface area contributed by atoms with E-state index >= 15 is 0 Å². The van der Waals surface area contributed by atoms with Gasteiger partial charge in [-0.3, -0.25) is 9.69 Å². The molecule has 0 bridgehead atoms. The van der Waals surface area contributed by atoms with E-state index < -0.39 is 5.43 Å². The first-order chi connectivity index (χ1) is 17.1. The minimum Gasteiger partial charge on any atom is -0.507 e. The van der Waals surface area contributed by atoms with Gasteiger partial charge in [0.1, 0.15) is 22.5 Å². The van der Waals surface area contributed by atoms with Crippen molar-refractivity contribution in [1.29, 1.82) is 0 Å². The monoisotopic (exact) mass is 493 g/mol. The van der Waals surface area contributed by atoms with E-state index in [1.54, 1.807) is 0 Å². The van der Waals surface area contributed by atoms with Crippen molar-refractivity contribution >= 4 is 21.9 Å². The lowest BCUT2D eigenvalue weighted by molar-refractivity contribution is 0.322. The predicted octanol–water partition coefficient (Wildman–Crippen LogP) is 5.68. The number of rotatable bonds is 7. The Kier molecular flexibility index (Phi) is 7.31. The normalized spacial score (nSPS) is 13.9. The largest absolute Gasteiger partial charge is 0.507 e. The van der Waals surface area contributed by atoms with E-state index in [-0.39, 0.29) is 51.4 Å². The van der Waals surface area contributed by atoms with Gasteiger partial charge in [0.05, 0.1) is 18.1 Å². The van der Waals surface area contributed by atoms with E-state index in [0.29, 0.717) is 29.7 Å². The van der Waals surface area contributed by atoms with Gasteiger partial charge in [-0.15, -0.1) is 0 Å². The molecule has 7 nitrogen and oxygen atoms in total. The molecule has 0 radical (unpaired) electrons. The van der Waals surface area contributed by atoms with Crippen molar-refractivity contribution in [2.75, 3.05) is 20.2 Å². The summed E-state index contributed by atoms with van der Waals surface area (Å²) in [5.41, 5.74) is 3.26. The zero-order chi connectivity index (χ0) is 26.1. The molecule has 0 amide bonds. The molecule has 0 spiro atoms. The molecule has 0 saturated carbocycles. The number of methoxy groups -OCH3 is 1. The Hall–Kier alpha value is -3.45. The molecule has 1 fully saturated rings. The second kappa shape index (κ2) is 10.3. The van der Waals surface area contributed by atoms with Crippen LogP contribution in [0.3, 0.4) is 0 Å². The average molecular weight is 494 g/mol. The van der Waals surface area contributed by atoms with E-state index in [1.807, 2.05) is 39.8 Å². The van der Waals surface area contributed by atoms with Gasteiger partial charge in [0, 0.05) is 23.7 Å². The van der Waals surface area contributed by atoms with Crippen molar-refractivity contribution in [2.45, 2.75) is 59.9 Å². The molecule has 1 aromatic heterocycles. The van der Waals surface area contributed by atoms with Gasteiger partial charge >= 0.3 is 0 Å². The maximum Gasteiger partial charge on any atom is 0.204 e. The average Bonchev–Trinajstić information content (AvgIpc) is 3.32. The Morgan fingerprint density at radius 3 is 2.14 bits per heavy atom. The molecular weight excluding hydrogens is 458 g/mol. The van der Waals surface area contributed by atoms with Crippen LogP contribution in [-0.2, 0) is 19.4 Å². The van der Waals surface area contributed by atoms with Crippen molar-refractivity contribution < 1.29 is 24.5 Å². The quantitative estimate of drug-likeness (QED) is 0.287. The van der Waals surface area contributed by atoms with E-state index in [9.17, 15) is 20.1 Å². The Labute approximate surface area is 210 Å². The van der Waals surface area contributed by atoms with E-state index in [4.69, 9.17) is 9.15 Å². The number of benzene rings is 2. The highest BCUT2D eigenvalue weighted by molar-refractivity contribution is 5.99. The molecule has 0 aliphatic carbocycles. The number of allylic oxidation sites excluding steroid dienone is 4. The minimum atomic E-state index is -0.416. The van der Waals surface area contributed by atoms with Crippen LogP contribution in [0.1, 0.15) is 57.2 Å². The standard InChI is InChI=1S/C29H35NO6/c1-16(2)8-10-18-23-22(14-21(31)28(18)35-5)36-29-20(15-30-12-6-7-13-30)25(32)19(11-9-17(3)4)26(33)24(29)27(23)34/h8-9,14,31-33H,6-7,10-13,15H2,1-5H3. The van der Waals surface area contributed by atoms with Crippen molar-refractivity contribution in [1.82, 2.24) is 4.90 Å². The van der Waals surface area contributed by atoms with Gasteiger partial charge in [-0.1, -0.05) is 23.3 Å². The summed E-state index contributed by atoms with van der Waals surface area (Å²) in [7, 11) is 1.44. The fraction of sp³-hybridized carbons (Fsp3) is 0.414. The molecule has 0 atom stereocenters. The first kappa shape index (κ1) is 25.6. The van der Waals surface area contributed by atoms with Crippen LogP contribution in [0.2, 0.25) is 0 Å². The highest BCUT2D eigenvalue weighted by Crippen LogP contribution is 2.43.